The number of anilines is 3. The summed E-state index contributed by atoms with van der Waals surface area (Å²) in [6.45, 7) is 5.15. The molecule has 1 fully saturated rings. The topological polar surface area (TPSA) is 73.9 Å². The van der Waals surface area contributed by atoms with E-state index in [1.807, 2.05) is 6.07 Å². The molecule has 11 heteroatoms. The fourth-order valence-electron chi connectivity index (χ4n) is 6.43. The van der Waals surface area contributed by atoms with E-state index in [2.05, 4.69) is 21.8 Å². The zero-order chi connectivity index (χ0) is 31.0. The van der Waals surface area contributed by atoms with Crippen LogP contribution in [0, 0.1) is 23.4 Å². The van der Waals surface area contributed by atoms with Gasteiger partial charge in [0, 0.05) is 41.9 Å². The third-order valence-corrected chi connectivity index (χ3v) is 8.74. The van der Waals surface area contributed by atoms with Gasteiger partial charge in [0.25, 0.3) is 0 Å². The summed E-state index contributed by atoms with van der Waals surface area (Å²) in [6.07, 6.45) is 7.34. The van der Waals surface area contributed by atoms with Crippen LogP contribution in [0.3, 0.4) is 0 Å². The first-order chi connectivity index (χ1) is 21.3. The fraction of sp³-hybridized carbons (Fsp3) is 0.394. The third kappa shape index (κ3) is 5.45. The van der Waals surface area contributed by atoms with Gasteiger partial charge in [-0.2, -0.15) is 0 Å². The summed E-state index contributed by atoms with van der Waals surface area (Å²) in [5.74, 6) is -2.30. The molecule has 6 rings (SSSR count). The van der Waals surface area contributed by atoms with Crippen LogP contribution in [-0.2, 0) is 13.0 Å². The van der Waals surface area contributed by atoms with Crippen molar-refractivity contribution >= 4 is 34.1 Å². The number of hydrogen-bond acceptors (Lipinski definition) is 5. The van der Waals surface area contributed by atoms with Crippen LogP contribution in [0.25, 0.3) is 11.0 Å². The van der Waals surface area contributed by atoms with Crippen LogP contribution in [0.15, 0.2) is 42.6 Å². The van der Waals surface area contributed by atoms with Gasteiger partial charge in [0.05, 0.1) is 32.1 Å². The molecule has 232 valence electrons. The van der Waals surface area contributed by atoms with Crippen molar-refractivity contribution in [3.63, 3.8) is 0 Å². The van der Waals surface area contributed by atoms with Crippen LogP contribution < -0.4 is 19.3 Å². The van der Waals surface area contributed by atoms with Crippen molar-refractivity contribution in [2.75, 3.05) is 43.7 Å². The molecule has 44 heavy (non-hydrogen) atoms. The Labute approximate surface area is 254 Å². The van der Waals surface area contributed by atoms with Crippen molar-refractivity contribution in [2.24, 2.45) is 5.92 Å². The highest BCUT2D eigenvalue weighted by molar-refractivity contribution is 6.15. The largest absolute Gasteiger partial charge is 0.493 e. The number of ether oxygens (including phenoxy) is 2. The van der Waals surface area contributed by atoms with Crippen molar-refractivity contribution in [1.29, 1.82) is 0 Å². The molecule has 1 N–H and O–H groups in total. The van der Waals surface area contributed by atoms with E-state index in [0.717, 1.165) is 48.6 Å². The highest BCUT2D eigenvalue weighted by atomic mass is 19.1. The SMILES string of the molecule is CCCC1CCN(CCc2cc3c4c(cnc3[nH]2)CN(c2c(F)c(OC)cc(OC)c2F)C(=O)N4c2ccc(F)cc2)CC1. The minimum Gasteiger partial charge on any atom is -0.493 e. The van der Waals surface area contributed by atoms with Gasteiger partial charge < -0.3 is 19.4 Å². The number of nitrogens with zero attached hydrogens (tertiary/aromatic N) is 4. The van der Waals surface area contributed by atoms with Crippen LogP contribution in [-0.4, -0.2) is 54.8 Å². The number of amides is 2. The Morgan fingerprint density at radius 1 is 0.977 bits per heavy atom. The number of benzene rings is 2. The van der Waals surface area contributed by atoms with Gasteiger partial charge in [-0.05, 0) is 62.2 Å². The van der Waals surface area contributed by atoms with E-state index in [4.69, 9.17) is 9.47 Å². The van der Waals surface area contributed by atoms with Crippen molar-refractivity contribution in [3.05, 3.63) is 71.3 Å². The number of methoxy groups -OCH3 is 2. The van der Waals surface area contributed by atoms with E-state index in [9.17, 15) is 9.18 Å². The number of nitrogens with one attached hydrogen (secondary N) is 1. The second kappa shape index (κ2) is 12.4. The molecule has 2 aromatic heterocycles. The first-order valence-corrected chi connectivity index (χ1v) is 15.0. The lowest BCUT2D eigenvalue weighted by atomic mass is 9.92. The Hall–Kier alpha value is -4.25. The van der Waals surface area contributed by atoms with Crippen molar-refractivity contribution in [1.82, 2.24) is 14.9 Å². The molecule has 0 radical (unpaired) electrons. The number of aromatic amines is 1. The van der Waals surface area contributed by atoms with E-state index in [1.165, 1.54) is 69.1 Å². The smallest absolute Gasteiger partial charge is 0.334 e. The number of carbonyl (C=O) groups excluding carboxylic acids is 1. The summed E-state index contributed by atoms with van der Waals surface area (Å²) < 4.78 is 55.4. The number of hydrogen-bond donors (Lipinski definition) is 1. The Morgan fingerprint density at radius 3 is 2.30 bits per heavy atom. The van der Waals surface area contributed by atoms with Gasteiger partial charge in [-0.3, -0.25) is 9.80 Å². The zero-order valence-corrected chi connectivity index (χ0v) is 25.1. The molecule has 2 aliphatic rings. The van der Waals surface area contributed by atoms with E-state index >= 15 is 8.78 Å². The Balaban J connectivity index is 1.38. The Kier molecular flexibility index (Phi) is 8.40. The highest BCUT2D eigenvalue weighted by Gasteiger charge is 2.38. The number of piperidine rings is 1. The summed E-state index contributed by atoms with van der Waals surface area (Å²) in [5, 5.41) is 0.695. The molecule has 0 spiro atoms. The maximum absolute atomic E-state index is 15.6. The number of fused-ring (bicyclic) bond motifs is 3. The molecule has 2 aromatic carbocycles. The summed E-state index contributed by atoms with van der Waals surface area (Å²) in [5.41, 5.74) is 2.38. The van der Waals surface area contributed by atoms with Gasteiger partial charge in [0.1, 0.15) is 17.2 Å². The van der Waals surface area contributed by atoms with E-state index in [0.29, 0.717) is 28.0 Å². The molecule has 0 bridgehead atoms. The zero-order valence-electron chi connectivity index (χ0n) is 25.1. The van der Waals surface area contributed by atoms with E-state index in [-0.39, 0.29) is 18.0 Å². The van der Waals surface area contributed by atoms with Gasteiger partial charge in [0.2, 0.25) is 0 Å². The van der Waals surface area contributed by atoms with E-state index < -0.39 is 29.2 Å². The van der Waals surface area contributed by atoms with Gasteiger partial charge >= 0.3 is 6.03 Å². The molecule has 2 aliphatic heterocycles. The molecule has 2 amide bonds. The molecule has 0 atom stereocenters. The molecular formula is C33H36F3N5O3. The number of urea groups is 1. The third-order valence-electron chi connectivity index (χ3n) is 8.74. The lowest BCUT2D eigenvalue weighted by Crippen LogP contribution is -2.46. The maximum atomic E-state index is 15.6. The number of carbonyl (C=O) groups is 1. The number of pyridine rings is 1. The van der Waals surface area contributed by atoms with Gasteiger partial charge in [0.15, 0.2) is 23.1 Å². The Bertz CT molecular complexity index is 1640. The summed E-state index contributed by atoms with van der Waals surface area (Å²) in [4.78, 5) is 27.1. The molecule has 1 saturated heterocycles. The van der Waals surface area contributed by atoms with Gasteiger partial charge in [-0.15, -0.1) is 0 Å². The first kappa shape index (κ1) is 29.8. The second-order valence-corrected chi connectivity index (χ2v) is 11.5. The minimum absolute atomic E-state index is 0.161. The lowest BCUT2D eigenvalue weighted by molar-refractivity contribution is 0.180. The maximum Gasteiger partial charge on any atom is 0.334 e. The highest BCUT2D eigenvalue weighted by Crippen LogP contribution is 2.44. The summed E-state index contributed by atoms with van der Waals surface area (Å²) in [7, 11) is 2.49. The minimum atomic E-state index is -1.04. The second-order valence-electron chi connectivity index (χ2n) is 11.5. The average molecular weight is 608 g/mol. The standard InChI is InChI=1S/C33H36F3N5O3/c1-4-5-20-10-13-39(14-11-20)15-12-23-16-25-30-21(18-37-32(25)38-23)19-40(33(42)41(30)24-8-6-22(34)7-9-24)31-28(35)26(43-2)17-27(44-3)29(31)36/h6-9,16-18,20H,4-5,10-15,19H2,1-3H3,(H,37,38). The van der Waals surface area contributed by atoms with Crippen molar-refractivity contribution in [3.8, 4) is 11.5 Å². The lowest BCUT2D eigenvalue weighted by Gasteiger charge is -2.37. The van der Waals surface area contributed by atoms with Crippen LogP contribution in [0.5, 0.6) is 11.5 Å². The molecule has 0 aliphatic carbocycles. The normalized spacial score (nSPS) is 16.1. The van der Waals surface area contributed by atoms with Crippen LogP contribution >= 0.6 is 0 Å². The van der Waals surface area contributed by atoms with Gasteiger partial charge in [-0.1, -0.05) is 19.8 Å². The van der Waals surface area contributed by atoms with Crippen LogP contribution in [0.4, 0.5) is 35.0 Å². The molecular weight excluding hydrogens is 571 g/mol. The van der Waals surface area contributed by atoms with Gasteiger partial charge in [-0.25, -0.2) is 22.9 Å². The Morgan fingerprint density at radius 2 is 1.66 bits per heavy atom. The number of rotatable bonds is 9. The van der Waals surface area contributed by atoms with Crippen molar-refractivity contribution in [2.45, 2.75) is 45.6 Å². The van der Waals surface area contributed by atoms with Crippen LogP contribution in [0.2, 0.25) is 0 Å². The van der Waals surface area contributed by atoms with E-state index in [1.54, 1.807) is 6.20 Å². The first-order valence-electron chi connectivity index (χ1n) is 15.0. The number of H-pyrrole nitrogens is 1. The molecule has 0 saturated carbocycles. The fourth-order valence-corrected chi connectivity index (χ4v) is 6.43. The summed E-state index contributed by atoms with van der Waals surface area (Å²) >= 11 is 0. The van der Waals surface area contributed by atoms with Crippen molar-refractivity contribution < 1.29 is 27.4 Å². The molecule has 0 unspecified atom stereocenters. The molecule has 8 nitrogen and oxygen atoms in total. The monoisotopic (exact) mass is 607 g/mol. The number of aromatic nitrogens is 2. The average Bonchev–Trinajstić information content (AvgIpc) is 3.45. The molecule has 4 aromatic rings. The van der Waals surface area contributed by atoms with Crippen LogP contribution in [0.1, 0.15) is 43.9 Å². The predicted octanol–water partition coefficient (Wildman–Crippen LogP) is 7.33. The quantitative estimate of drug-likeness (QED) is 0.216. The predicted molar refractivity (Wildman–Crippen MR) is 163 cm³/mol. The number of likely N-dealkylation sites (tertiary alicyclic amines) is 1. The summed E-state index contributed by atoms with van der Waals surface area (Å²) in [6, 6.07) is 7.75. The molecule has 4 heterocycles. The number of halogens is 3.